The van der Waals surface area contributed by atoms with Crippen LogP contribution in [0.25, 0.3) is 0 Å². The summed E-state index contributed by atoms with van der Waals surface area (Å²) in [6.45, 7) is 5.99. The minimum absolute atomic E-state index is 0.119. The molecular formula is C12H19N3O4. The summed E-state index contributed by atoms with van der Waals surface area (Å²) in [6.07, 6.45) is 0.364. The predicted octanol–water partition coefficient (Wildman–Crippen LogP) is 0.00802. The second kappa shape index (κ2) is 6.89. The van der Waals surface area contributed by atoms with E-state index in [0.29, 0.717) is 23.8 Å². The van der Waals surface area contributed by atoms with Crippen LogP contribution in [0.5, 0.6) is 0 Å². The van der Waals surface area contributed by atoms with Gasteiger partial charge >= 0.3 is 5.69 Å². The molecule has 0 fully saturated rings. The maximum Gasteiger partial charge on any atom is 0.325 e. The molecule has 19 heavy (non-hydrogen) atoms. The summed E-state index contributed by atoms with van der Waals surface area (Å²) in [5, 5.41) is 0. The third kappa shape index (κ3) is 5.09. The van der Waals surface area contributed by atoms with Crippen molar-refractivity contribution in [2.45, 2.75) is 33.6 Å². The van der Waals surface area contributed by atoms with Gasteiger partial charge in [0.1, 0.15) is 0 Å². The summed E-state index contributed by atoms with van der Waals surface area (Å²) < 4.78 is 0. The van der Waals surface area contributed by atoms with E-state index < -0.39 is 11.2 Å². The Morgan fingerprint density at radius 3 is 2.58 bits per heavy atom. The zero-order valence-electron chi connectivity index (χ0n) is 11.3. The molecule has 0 aliphatic rings. The van der Waals surface area contributed by atoms with Crippen molar-refractivity contribution >= 4 is 5.91 Å². The third-order valence-corrected chi connectivity index (χ3v) is 2.46. The van der Waals surface area contributed by atoms with E-state index in [0.717, 1.165) is 0 Å². The highest BCUT2D eigenvalue weighted by Gasteiger charge is 2.09. The predicted molar refractivity (Wildman–Crippen MR) is 69.7 cm³/mol. The summed E-state index contributed by atoms with van der Waals surface area (Å²) in [7, 11) is 0. The molecule has 1 amide bonds. The molecule has 0 aliphatic carbocycles. The molecule has 0 unspecified atom stereocenters. The molecule has 0 saturated carbocycles. The number of hydrogen-bond donors (Lipinski definition) is 3. The summed E-state index contributed by atoms with van der Waals surface area (Å²) in [4.78, 5) is 43.6. The van der Waals surface area contributed by atoms with Crippen molar-refractivity contribution in [2.24, 2.45) is 5.92 Å². The van der Waals surface area contributed by atoms with Gasteiger partial charge in [-0.3, -0.25) is 19.4 Å². The largest absolute Gasteiger partial charge is 0.325 e. The maximum atomic E-state index is 11.5. The van der Waals surface area contributed by atoms with Crippen LogP contribution >= 0.6 is 0 Å². The first kappa shape index (κ1) is 15.2. The number of hydrogen-bond acceptors (Lipinski definition) is 4. The average Bonchev–Trinajstić information content (AvgIpc) is 2.26. The SMILES string of the molecule is Cc1[nH]c(=O)[nH]c(=O)c1CCC(=O)NOCC(C)C. The Morgan fingerprint density at radius 1 is 1.32 bits per heavy atom. The number of nitrogens with one attached hydrogen (secondary N) is 3. The van der Waals surface area contributed by atoms with E-state index in [1.165, 1.54) is 0 Å². The van der Waals surface area contributed by atoms with E-state index in [1.807, 2.05) is 13.8 Å². The fourth-order valence-corrected chi connectivity index (χ4v) is 1.51. The second-order valence-electron chi connectivity index (χ2n) is 4.74. The lowest BCUT2D eigenvalue weighted by atomic mass is 10.1. The first-order chi connectivity index (χ1) is 8.90. The Labute approximate surface area is 110 Å². The Balaban J connectivity index is 2.51. The minimum atomic E-state index is -0.545. The number of aromatic nitrogens is 2. The lowest BCUT2D eigenvalue weighted by Gasteiger charge is -2.08. The van der Waals surface area contributed by atoms with Gasteiger partial charge in [-0.15, -0.1) is 0 Å². The summed E-state index contributed by atoms with van der Waals surface area (Å²) in [5.41, 5.74) is 2.18. The Bertz CT molecular complexity index is 545. The van der Waals surface area contributed by atoms with Crippen LogP contribution in [-0.2, 0) is 16.1 Å². The molecule has 1 aromatic heterocycles. The molecule has 1 heterocycles. The van der Waals surface area contributed by atoms with Crippen molar-refractivity contribution in [3.63, 3.8) is 0 Å². The van der Waals surface area contributed by atoms with E-state index >= 15 is 0 Å². The molecule has 7 nitrogen and oxygen atoms in total. The molecule has 0 atom stereocenters. The molecule has 106 valence electrons. The molecule has 3 N–H and O–H groups in total. The van der Waals surface area contributed by atoms with Crippen LogP contribution < -0.4 is 16.7 Å². The highest BCUT2D eigenvalue weighted by atomic mass is 16.6. The molecule has 7 heteroatoms. The molecule has 0 saturated heterocycles. The monoisotopic (exact) mass is 269 g/mol. The maximum absolute atomic E-state index is 11.5. The number of H-pyrrole nitrogens is 2. The van der Waals surface area contributed by atoms with Crippen molar-refractivity contribution in [3.05, 3.63) is 32.1 Å². The summed E-state index contributed by atoms with van der Waals surface area (Å²) in [5.74, 6) is 0.0234. The van der Waals surface area contributed by atoms with Crippen LogP contribution in [0.3, 0.4) is 0 Å². The highest BCUT2D eigenvalue weighted by Crippen LogP contribution is 2.00. The van der Waals surface area contributed by atoms with E-state index in [4.69, 9.17) is 4.84 Å². The van der Waals surface area contributed by atoms with Gasteiger partial charge in [0.2, 0.25) is 5.91 Å². The molecule has 0 radical (unpaired) electrons. The topological polar surface area (TPSA) is 104 Å². The average molecular weight is 269 g/mol. The Hall–Kier alpha value is -1.89. The number of hydroxylamine groups is 1. The van der Waals surface area contributed by atoms with E-state index in [1.54, 1.807) is 6.92 Å². The minimum Gasteiger partial charge on any atom is -0.311 e. The van der Waals surface area contributed by atoms with Crippen LogP contribution in [-0.4, -0.2) is 22.5 Å². The Morgan fingerprint density at radius 2 is 2.00 bits per heavy atom. The van der Waals surface area contributed by atoms with Gasteiger partial charge in [-0.05, 0) is 19.3 Å². The van der Waals surface area contributed by atoms with Gasteiger partial charge in [0.25, 0.3) is 5.56 Å². The zero-order valence-corrected chi connectivity index (χ0v) is 11.3. The van der Waals surface area contributed by atoms with Gasteiger partial charge in [0, 0.05) is 17.7 Å². The summed E-state index contributed by atoms with van der Waals surface area (Å²) >= 11 is 0. The first-order valence-corrected chi connectivity index (χ1v) is 6.13. The van der Waals surface area contributed by atoms with Crippen molar-refractivity contribution < 1.29 is 9.63 Å². The molecule has 0 spiro atoms. The molecule has 1 rings (SSSR count). The van der Waals surface area contributed by atoms with E-state index in [2.05, 4.69) is 15.4 Å². The van der Waals surface area contributed by atoms with Gasteiger partial charge in [-0.1, -0.05) is 13.8 Å². The van der Waals surface area contributed by atoms with Crippen LogP contribution in [0.4, 0.5) is 0 Å². The number of aryl methyl sites for hydroxylation is 1. The lowest BCUT2D eigenvalue weighted by Crippen LogP contribution is -2.29. The zero-order chi connectivity index (χ0) is 14.4. The van der Waals surface area contributed by atoms with Crippen LogP contribution in [0.15, 0.2) is 9.59 Å². The second-order valence-corrected chi connectivity index (χ2v) is 4.74. The summed E-state index contributed by atoms with van der Waals surface area (Å²) in [6, 6.07) is 0. The van der Waals surface area contributed by atoms with Gasteiger partial charge < -0.3 is 4.98 Å². The van der Waals surface area contributed by atoms with Crippen molar-refractivity contribution in [3.8, 4) is 0 Å². The van der Waals surface area contributed by atoms with E-state index in [9.17, 15) is 14.4 Å². The first-order valence-electron chi connectivity index (χ1n) is 6.13. The number of amides is 1. The van der Waals surface area contributed by atoms with Crippen LogP contribution in [0.1, 0.15) is 31.5 Å². The normalized spacial score (nSPS) is 10.7. The number of carbonyl (C=O) groups excluding carboxylic acids is 1. The molecule has 0 aromatic carbocycles. The molecule has 0 aliphatic heterocycles. The fourth-order valence-electron chi connectivity index (χ4n) is 1.51. The van der Waals surface area contributed by atoms with Crippen LogP contribution in [0, 0.1) is 12.8 Å². The van der Waals surface area contributed by atoms with Crippen LogP contribution in [0.2, 0.25) is 0 Å². The molecular weight excluding hydrogens is 250 g/mol. The van der Waals surface area contributed by atoms with Gasteiger partial charge in [0.15, 0.2) is 0 Å². The van der Waals surface area contributed by atoms with Gasteiger partial charge in [-0.25, -0.2) is 10.3 Å². The molecule has 0 bridgehead atoms. The quantitative estimate of drug-likeness (QED) is 0.633. The number of carbonyl (C=O) groups is 1. The standard InChI is InChI=1S/C12H19N3O4/c1-7(2)6-19-15-10(16)5-4-9-8(3)13-12(18)14-11(9)17/h7H,4-6H2,1-3H3,(H,15,16)(H2,13,14,17,18). The fraction of sp³-hybridized carbons (Fsp3) is 0.583. The van der Waals surface area contributed by atoms with Crippen molar-refractivity contribution in [1.29, 1.82) is 0 Å². The number of aromatic amines is 2. The van der Waals surface area contributed by atoms with Crippen molar-refractivity contribution in [2.75, 3.05) is 6.61 Å². The highest BCUT2D eigenvalue weighted by molar-refractivity contribution is 5.75. The number of rotatable bonds is 6. The van der Waals surface area contributed by atoms with Gasteiger partial charge in [0.05, 0.1) is 6.61 Å². The Kier molecular flexibility index (Phi) is 5.50. The van der Waals surface area contributed by atoms with Gasteiger partial charge in [-0.2, -0.15) is 0 Å². The molecule has 1 aromatic rings. The van der Waals surface area contributed by atoms with E-state index in [-0.39, 0.29) is 18.7 Å². The smallest absolute Gasteiger partial charge is 0.311 e. The van der Waals surface area contributed by atoms with Crippen molar-refractivity contribution in [1.82, 2.24) is 15.4 Å². The lowest BCUT2D eigenvalue weighted by molar-refractivity contribution is -0.134. The third-order valence-electron chi connectivity index (χ3n) is 2.46.